The topological polar surface area (TPSA) is 102 Å². The summed E-state index contributed by atoms with van der Waals surface area (Å²) < 4.78 is 38.4. The van der Waals surface area contributed by atoms with Gasteiger partial charge >= 0.3 is 0 Å². The maximum absolute atomic E-state index is 12.8. The van der Waals surface area contributed by atoms with Crippen molar-refractivity contribution in [1.29, 1.82) is 0 Å². The van der Waals surface area contributed by atoms with Crippen molar-refractivity contribution in [3.05, 3.63) is 52.0 Å². The van der Waals surface area contributed by atoms with Gasteiger partial charge < -0.3 is 14.8 Å². The van der Waals surface area contributed by atoms with Crippen molar-refractivity contribution in [3.8, 4) is 5.75 Å². The Labute approximate surface area is 183 Å². The monoisotopic (exact) mass is 496 g/mol. The van der Waals surface area contributed by atoms with Gasteiger partial charge in [0.25, 0.3) is 5.91 Å². The maximum atomic E-state index is 12.8. The first-order valence-corrected chi connectivity index (χ1v) is 11.4. The van der Waals surface area contributed by atoms with Crippen molar-refractivity contribution < 1.29 is 27.5 Å². The zero-order chi connectivity index (χ0) is 21.7. The molecule has 0 radical (unpaired) electrons. The third-order valence-electron chi connectivity index (χ3n) is 4.55. The van der Waals surface area contributed by atoms with Crippen molar-refractivity contribution >= 4 is 43.8 Å². The molecule has 30 heavy (non-hydrogen) atoms. The van der Waals surface area contributed by atoms with E-state index in [1.165, 1.54) is 16.4 Å². The van der Waals surface area contributed by atoms with Gasteiger partial charge in [0.15, 0.2) is 12.9 Å². The Morgan fingerprint density at radius 3 is 2.67 bits per heavy atom. The highest BCUT2D eigenvalue weighted by Crippen LogP contribution is 2.24. The quantitative estimate of drug-likeness (QED) is 0.591. The van der Waals surface area contributed by atoms with E-state index < -0.39 is 15.9 Å². The number of sulfonamides is 1. The Morgan fingerprint density at radius 2 is 1.97 bits per heavy atom. The number of aldehydes is 1. The Morgan fingerprint density at radius 1 is 1.23 bits per heavy atom. The Hall–Kier alpha value is -2.27. The minimum atomic E-state index is -3.68. The van der Waals surface area contributed by atoms with Crippen molar-refractivity contribution in [3.63, 3.8) is 0 Å². The van der Waals surface area contributed by atoms with Crippen LogP contribution in [0.15, 0.2) is 45.8 Å². The number of nitrogens with one attached hydrogen (secondary N) is 1. The average molecular weight is 497 g/mol. The van der Waals surface area contributed by atoms with Crippen LogP contribution in [0.25, 0.3) is 0 Å². The molecule has 0 aromatic heterocycles. The first kappa shape index (κ1) is 22.4. The van der Waals surface area contributed by atoms with Crippen LogP contribution < -0.4 is 10.1 Å². The standard InChI is InChI=1S/C20H21BrN2O6S/c1-14-2-4-17(30(26,27)23-6-8-28-9-7-23)11-18(14)22-20(25)13-29-19-5-3-16(21)10-15(19)12-24/h2-5,10-12H,6-9,13H2,1H3,(H,22,25). The molecule has 0 bridgehead atoms. The summed E-state index contributed by atoms with van der Waals surface area (Å²) in [5.74, 6) is -0.192. The van der Waals surface area contributed by atoms with E-state index in [0.29, 0.717) is 36.3 Å². The van der Waals surface area contributed by atoms with E-state index in [-0.39, 0.29) is 30.3 Å². The molecule has 160 valence electrons. The summed E-state index contributed by atoms with van der Waals surface area (Å²) in [7, 11) is -3.68. The van der Waals surface area contributed by atoms with Crippen LogP contribution in [-0.4, -0.2) is 57.8 Å². The van der Waals surface area contributed by atoms with Gasteiger partial charge in [0.1, 0.15) is 5.75 Å². The summed E-state index contributed by atoms with van der Waals surface area (Å²) in [6, 6.07) is 9.47. The van der Waals surface area contributed by atoms with Gasteiger partial charge in [-0.25, -0.2) is 8.42 Å². The largest absolute Gasteiger partial charge is 0.483 e. The van der Waals surface area contributed by atoms with E-state index >= 15 is 0 Å². The van der Waals surface area contributed by atoms with Crippen molar-refractivity contribution in [2.45, 2.75) is 11.8 Å². The van der Waals surface area contributed by atoms with E-state index in [2.05, 4.69) is 21.2 Å². The number of benzene rings is 2. The fraction of sp³-hybridized carbons (Fsp3) is 0.300. The van der Waals surface area contributed by atoms with E-state index in [1.54, 1.807) is 31.2 Å². The number of halogens is 1. The number of nitrogens with zero attached hydrogens (tertiary/aromatic N) is 1. The summed E-state index contributed by atoms with van der Waals surface area (Å²) in [6.07, 6.45) is 0.641. The third-order valence-corrected chi connectivity index (χ3v) is 6.94. The summed E-state index contributed by atoms with van der Waals surface area (Å²) in [5, 5.41) is 2.68. The van der Waals surface area contributed by atoms with Gasteiger partial charge in [0.2, 0.25) is 10.0 Å². The third kappa shape index (κ3) is 5.25. The molecule has 0 unspecified atom stereocenters. The molecule has 1 fully saturated rings. The minimum Gasteiger partial charge on any atom is -0.483 e. The maximum Gasteiger partial charge on any atom is 0.262 e. The van der Waals surface area contributed by atoms with Gasteiger partial charge in [-0.05, 0) is 42.8 Å². The smallest absolute Gasteiger partial charge is 0.262 e. The van der Waals surface area contributed by atoms with Crippen LogP contribution in [0.2, 0.25) is 0 Å². The zero-order valence-corrected chi connectivity index (χ0v) is 18.7. The van der Waals surface area contributed by atoms with Crippen molar-refractivity contribution in [2.75, 3.05) is 38.2 Å². The van der Waals surface area contributed by atoms with E-state index in [4.69, 9.17) is 9.47 Å². The second-order valence-electron chi connectivity index (χ2n) is 6.63. The molecule has 1 heterocycles. The summed E-state index contributed by atoms with van der Waals surface area (Å²) >= 11 is 3.27. The van der Waals surface area contributed by atoms with Crippen molar-refractivity contribution in [1.82, 2.24) is 4.31 Å². The van der Waals surface area contributed by atoms with Gasteiger partial charge in [-0.2, -0.15) is 4.31 Å². The van der Waals surface area contributed by atoms with Crippen LogP contribution in [0.3, 0.4) is 0 Å². The highest BCUT2D eigenvalue weighted by atomic mass is 79.9. The Balaban J connectivity index is 1.71. The molecule has 3 rings (SSSR count). The lowest BCUT2D eigenvalue weighted by Crippen LogP contribution is -2.40. The van der Waals surface area contributed by atoms with E-state index in [0.717, 1.165) is 4.47 Å². The van der Waals surface area contributed by atoms with Crippen LogP contribution in [0.5, 0.6) is 5.75 Å². The lowest BCUT2D eigenvalue weighted by Gasteiger charge is -2.26. The highest BCUT2D eigenvalue weighted by Gasteiger charge is 2.27. The van der Waals surface area contributed by atoms with Gasteiger partial charge in [0, 0.05) is 23.2 Å². The number of morpholine rings is 1. The zero-order valence-electron chi connectivity index (χ0n) is 16.3. The molecule has 1 aliphatic heterocycles. The number of amides is 1. The molecule has 8 nitrogen and oxygen atoms in total. The fourth-order valence-corrected chi connectivity index (χ4v) is 4.72. The molecule has 1 saturated heterocycles. The molecule has 2 aromatic rings. The number of hydrogen-bond acceptors (Lipinski definition) is 6. The van der Waals surface area contributed by atoms with E-state index in [1.807, 2.05) is 0 Å². The SMILES string of the molecule is Cc1ccc(S(=O)(=O)N2CCOCC2)cc1NC(=O)COc1ccc(Br)cc1C=O. The normalized spacial score (nSPS) is 14.9. The van der Waals surface area contributed by atoms with Gasteiger partial charge in [-0.15, -0.1) is 0 Å². The minimum absolute atomic E-state index is 0.0994. The number of ether oxygens (including phenoxy) is 2. The predicted octanol–water partition coefficient (Wildman–Crippen LogP) is 2.61. The molecular weight excluding hydrogens is 476 g/mol. The Bertz CT molecular complexity index is 1050. The second-order valence-corrected chi connectivity index (χ2v) is 9.48. The summed E-state index contributed by atoms with van der Waals surface area (Å²) in [5.41, 5.74) is 1.40. The molecule has 0 spiro atoms. The molecule has 2 aromatic carbocycles. The highest BCUT2D eigenvalue weighted by molar-refractivity contribution is 9.10. The molecule has 1 N–H and O–H groups in total. The molecule has 1 aliphatic rings. The predicted molar refractivity (Wildman–Crippen MR) is 114 cm³/mol. The first-order valence-electron chi connectivity index (χ1n) is 9.17. The molecule has 0 saturated carbocycles. The van der Waals surface area contributed by atoms with Crippen LogP contribution in [0, 0.1) is 6.92 Å². The molecule has 0 atom stereocenters. The van der Waals surface area contributed by atoms with Gasteiger partial charge in [0.05, 0.1) is 23.7 Å². The second kappa shape index (κ2) is 9.69. The van der Waals surface area contributed by atoms with Gasteiger partial charge in [-0.1, -0.05) is 22.0 Å². The van der Waals surface area contributed by atoms with Crippen LogP contribution in [-0.2, 0) is 19.6 Å². The Kier molecular flexibility index (Phi) is 7.24. The van der Waals surface area contributed by atoms with Crippen LogP contribution in [0.4, 0.5) is 5.69 Å². The lowest BCUT2D eigenvalue weighted by molar-refractivity contribution is -0.118. The summed E-state index contributed by atoms with van der Waals surface area (Å²) in [4.78, 5) is 23.6. The molecule has 10 heteroatoms. The number of carbonyl (C=O) groups is 2. The lowest BCUT2D eigenvalue weighted by atomic mass is 10.2. The number of anilines is 1. The van der Waals surface area contributed by atoms with Gasteiger partial charge in [-0.3, -0.25) is 9.59 Å². The summed E-state index contributed by atoms with van der Waals surface area (Å²) in [6.45, 7) is 2.72. The van der Waals surface area contributed by atoms with Crippen LogP contribution >= 0.6 is 15.9 Å². The number of rotatable bonds is 7. The fourth-order valence-electron chi connectivity index (χ4n) is 2.90. The first-order chi connectivity index (χ1) is 14.3. The number of carbonyl (C=O) groups excluding carboxylic acids is 2. The molecular formula is C20H21BrN2O6S. The van der Waals surface area contributed by atoms with E-state index in [9.17, 15) is 18.0 Å². The molecule has 0 aliphatic carbocycles. The molecule has 1 amide bonds. The number of hydrogen-bond donors (Lipinski definition) is 1. The van der Waals surface area contributed by atoms with Crippen molar-refractivity contribution in [2.24, 2.45) is 0 Å². The number of aryl methyl sites for hydroxylation is 1. The average Bonchev–Trinajstić information content (AvgIpc) is 2.74. The van der Waals surface area contributed by atoms with Crippen LogP contribution in [0.1, 0.15) is 15.9 Å².